The van der Waals surface area contributed by atoms with E-state index in [-0.39, 0.29) is 18.2 Å². The normalized spacial score (nSPS) is 35.8. The monoisotopic (exact) mass is 156 g/mol. The zero-order valence-corrected chi connectivity index (χ0v) is 6.27. The first-order valence-electron chi connectivity index (χ1n) is 3.33. The van der Waals surface area contributed by atoms with Gasteiger partial charge in [-0.05, 0) is 0 Å². The van der Waals surface area contributed by atoms with Crippen LogP contribution in [0.1, 0.15) is 0 Å². The van der Waals surface area contributed by atoms with Crippen molar-refractivity contribution in [1.82, 2.24) is 9.80 Å². The van der Waals surface area contributed by atoms with Gasteiger partial charge in [-0.25, -0.2) is 4.79 Å². The Morgan fingerprint density at radius 3 is 2.64 bits per heavy atom. The van der Waals surface area contributed by atoms with E-state index < -0.39 is 6.10 Å². The van der Waals surface area contributed by atoms with Crippen molar-refractivity contribution in [1.29, 1.82) is 0 Å². The fraction of sp³-hybridized carbons (Fsp3) is 0.667. The van der Waals surface area contributed by atoms with Crippen LogP contribution in [0.3, 0.4) is 0 Å². The van der Waals surface area contributed by atoms with Crippen molar-refractivity contribution >= 4 is 11.9 Å². The van der Waals surface area contributed by atoms with E-state index in [1.807, 2.05) is 0 Å². The largest absolute Gasteiger partial charge is 0.337 e. The number of hydrogen-bond donors (Lipinski definition) is 0. The lowest BCUT2D eigenvalue weighted by Gasteiger charge is -2.25. The van der Waals surface area contributed by atoms with Gasteiger partial charge in [0.25, 0.3) is 5.91 Å². The maximum atomic E-state index is 11.1. The van der Waals surface area contributed by atoms with E-state index in [1.54, 1.807) is 7.05 Å². The summed E-state index contributed by atoms with van der Waals surface area (Å²) in [6.45, 7) is 0. The number of epoxide rings is 1. The van der Waals surface area contributed by atoms with Gasteiger partial charge in [-0.15, -0.1) is 0 Å². The van der Waals surface area contributed by atoms with Crippen molar-refractivity contribution in [2.45, 2.75) is 12.3 Å². The second kappa shape index (κ2) is 1.73. The van der Waals surface area contributed by atoms with Crippen LogP contribution in [0.2, 0.25) is 0 Å². The fourth-order valence-corrected chi connectivity index (χ4v) is 1.21. The number of hydrogen-bond acceptors (Lipinski definition) is 3. The molecule has 2 unspecified atom stereocenters. The molecule has 2 atom stereocenters. The number of carbonyl (C=O) groups excluding carboxylic acids is 2. The van der Waals surface area contributed by atoms with Gasteiger partial charge in [0.1, 0.15) is 0 Å². The van der Waals surface area contributed by atoms with Crippen LogP contribution in [0.15, 0.2) is 0 Å². The van der Waals surface area contributed by atoms with Crippen LogP contribution in [-0.4, -0.2) is 48.2 Å². The van der Waals surface area contributed by atoms with E-state index in [2.05, 4.69) is 0 Å². The summed E-state index contributed by atoms with van der Waals surface area (Å²) in [4.78, 5) is 24.7. The highest BCUT2D eigenvalue weighted by Gasteiger charge is 2.56. The van der Waals surface area contributed by atoms with Gasteiger partial charge in [0, 0.05) is 14.1 Å². The molecule has 0 aliphatic carbocycles. The van der Waals surface area contributed by atoms with Crippen molar-refractivity contribution in [2.75, 3.05) is 14.1 Å². The summed E-state index contributed by atoms with van der Waals surface area (Å²) in [5.74, 6) is -0.238. The van der Waals surface area contributed by atoms with Crippen molar-refractivity contribution < 1.29 is 14.3 Å². The van der Waals surface area contributed by atoms with Gasteiger partial charge in [0.2, 0.25) is 0 Å². The standard InChI is InChI=1S/C6H8N2O3/c1-7-4(9)3-5(11-3)8(2)6(7)10/h3,5H,1-2H3. The first kappa shape index (κ1) is 6.60. The van der Waals surface area contributed by atoms with E-state index >= 15 is 0 Å². The Labute approximate surface area is 63.5 Å². The fourth-order valence-electron chi connectivity index (χ4n) is 1.21. The second-order valence-electron chi connectivity index (χ2n) is 2.74. The van der Waals surface area contributed by atoms with Gasteiger partial charge in [0.05, 0.1) is 0 Å². The van der Waals surface area contributed by atoms with Gasteiger partial charge in [-0.2, -0.15) is 0 Å². The van der Waals surface area contributed by atoms with E-state index in [0.29, 0.717) is 0 Å². The number of carbonyl (C=O) groups is 2. The van der Waals surface area contributed by atoms with Crippen LogP contribution in [0.4, 0.5) is 4.79 Å². The molecular formula is C6H8N2O3. The third-order valence-electron chi connectivity index (χ3n) is 2.01. The van der Waals surface area contributed by atoms with Gasteiger partial charge >= 0.3 is 6.03 Å². The van der Waals surface area contributed by atoms with E-state index in [9.17, 15) is 9.59 Å². The molecule has 5 heteroatoms. The number of rotatable bonds is 0. The topological polar surface area (TPSA) is 53.2 Å². The molecule has 0 saturated carbocycles. The SMILES string of the molecule is CN1C(=O)C2OC2N(C)C1=O. The minimum Gasteiger partial charge on any atom is -0.337 e. The molecule has 3 amide bonds. The minimum absolute atomic E-state index is 0.238. The average molecular weight is 156 g/mol. The zero-order valence-electron chi connectivity index (χ0n) is 6.27. The summed E-state index contributed by atoms with van der Waals surface area (Å²) in [6.07, 6.45) is -0.700. The molecule has 0 spiro atoms. The van der Waals surface area contributed by atoms with Crippen LogP contribution in [-0.2, 0) is 9.53 Å². The molecule has 0 aromatic heterocycles. The highest BCUT2D eigenvalue weighted by molar-refractivity contribution is 6.00. The van der Waals surface area contributed by atoms with E-state index in [1.165, 1.54) is 11.9 Å². The molecule has 0 aromatic carbocycles. The first-order chi connectivity index (χ1) is 5.13. The number of imide groups is 1. The Hall–Kier alpha value is -1.10. The van der Waals surface area contributed by atoms with E-state index in [0.717, 1.165) is 4.90 Å². The number of ether oxygens (including phenoxy) is 1. The molecule has 0 aromatic rings. The number of likely N-dealkylation sites (N-methyl/N-ethyl adjacent to an activating group) is 2. The molecule has 2 rings (SSSR count). The molecule has 2 aliphatic heterocycles. The molecular weight excluding hydrogens is 148 g/mol. The lowest BCUT2D eigenvalue weighted by molar-refractivity contribution is -0.129. The highest BCUT2D eigenvalue weighted by atomic mass is 16.6. The minimum atomic E-state index is -0.400. The Morgan fingerprint density at radius 2 is 2.00 bits per heavy atom. The smallest absolute Gasteiger partial charge is 0.328 e. The van der Waals surface area contributed by atoms with Crippen LogP contribution in [0.25, 0.3) is 0 Å². The number of urea groups is 1. The van der Waals surface area contributed by atoms with Crippen LogP contribution < -0.4 is 0 Å². The third kappa shape index (κ3) is 0.683. The predicted molar refractivity (Wildman–Crippen MR) is 34.6 cm³/mol. The summed E-state index contributed by atoms with van der Waals surface area (Å²) in [7, 11) is 3.08. The Balaban J connectivity index is 2.26. The molecule has 5 nitrogen and oxygen atoms in total. The van der Waals surface area contributed by atoms with Gasteiger partial charge < -0.3 is 4.74 Å². The van der Waals surface area contributed by atoms with Crippen molar-refractivity contribution in [3.05, 3.63) is 0 Å². The third-order valence-corrected chi connectivity index (χ3v) is 2.01. The number of fused-ring (bicyclic) bond motifs is 1. The van der Waals surface area contributed by atoms with Crippen molar-refractivity contribution in [3.8, 4) is 0 Å². The van der Waals surface area contributed by atoms with Gasteiger partial charge in [-0.3, -0.25) is 14.6 Å². The van der Waals surface area contributed by atoms with E-state index in [4.69, 9.17) is 4.74 Å². The molecule has 0 radical (unpaired) electrons. The number of nitrogens with zero attached hydrogens (tertiary/aromatic N) is 2. The first-order valence-corrected chi connectivity index (χ1v) is 3.33. The molecule has 11 heavy (non-hydrogen) atoms. The lowest BCUT2D eigenvalue weighted by Crippen LogP contribution is -2.51. The average Bonchev–Trinajstić information content (AvgIpc) is 2.76. The zero-order chi connectivity index (χ0) is 8.17. The maximum absolute atomic E-state index is 11.1. The Bertz CT molecular complexity index is 240. The quantitative estimate of drug-likeness (QED) is 0.433. The summed E-state index contributed by atoms with van der Waals surface area (Å²) >= 11 is 0. The van der Waals surface area contributed by atoms with Crippen LogP contribution in [0, 0.1) is 0 Å². The molecule has 60 valence electrons. The lowest BCUT2D eigenvalue weighted by atomic mass is 10.3. The predicted octanol–water partition coefficient (Wildman–Crippen LogP) is -0.765. The molecule has 2 aliphatic rings. The maximum Gasteiger partial charge on any atom is 0.328 e. The van der Waals surface area contributed by atoms with Crippen LogP contribution in [0.5, 0.6) is 0 Å². The summed E-state index contributed by atoms with van der Waals surface area (Å²) in [6, 6.07) is -0.297. The molecule has 0 N–H and O–H groups in total. The molecule has 2 heterocycles. The van der Waals surface area contributed by atoms with Crippen LogP contribution >= 0.6 is 0 Å². The second-order valence-corrected chi connectivity index (χ2v) is 2.74. The molecule has 2 saturated heterocycles. The summed E-state index contributed by atoms with van der Waals surface area (Å²) in [5.41, 5.74) is 0. The molecule has 2 fully saturated rings. The Kier molecular flexibility index (Phi) is 1.04. The summed E-state index contributed by atoms with van der Waals surface area (Å²) in [5, 5.41) is 0. The van der Waals surface area contributed by atoms with Gasteiger partial charge in [-0.1, -0.05) is 0 Å². The Morgan fingerprint density at radius 1 is 1.36 bits per heavy atom. The highest BCUT2D eigenvalue weighted by Crippen LogP contribution is 2.31. The van der Waals surface area contributed by atoms with Crippen molar-refractivity contribution in [3.63, 3.8) is 0 Å². The van der Waals surface area contributed by atoms with Gasteiger partial charge in [0.15, 0.2) is 12.3 Å². The summed E-state index contributed by atoms with van der Waals surface area (Å²) < 4.78 is 4.96. The molecule has 0 bridgehead atoms. The number of amides is 3. The van der Waals surface area contributed by atoms with Crippen molar-refractivity contribution in [2.24, 2.45) is 0 Å².